The second-order valence-electron chi connectivity index (χ2n) is 5.16. The quantitative estimate of drug-likeness (QED) is 0.107. The number of rotatable bonds is 5. The standard InChI is InChI=1S/C18H13I2NO6/c19-13-5-1-11(2-6-13)17(23)26-15(21-25)9-10-16(22)27-18(24)12-3-7-14(20)8-4-12/h1-8,25H,9-10H2/b21-15-. The Morgan fingerprint density at radius 3 is 1.67 bits per heavy atom. The molecule has 2 rings (SSSR count). The van der Waals surface area contributed by atoms with Gasteiger partial charge in [0.05, 0.1) is 17.5 Å². The molecule has 0 fully saturated rings. The van der Waals surface area contributed by atoms with Gasteiger partial charge in [0.25, 0.3) is 0 Å². The van der Waals surface area contributed by atoms with Crippen LogP contribution in [0, 0.1) is 7.14 Å². The lowest BCUT2D eigenvalue weighted by molar-refractivity contribution is -0.137. The van der Waals surface area contributed by atoms with Crippen LogP contribution in [0.3, 0.4) is 0 Å². The lowest BCUT2D eigenvalue weighted by Crippen LogP contribution is -2.17. The van der Waals surface area contributed by atoms with Crippen molar-refractivity contribution in [2.75, 3.05) is 0 Å². The third-order valence-electron chi connectivity index (χ3n) is 3.23. The summed E-state index contributed by atoms with van der Waals surface area (Å²) < 4.78 is 11.5. The van der Waals surface area contributed by atoms with E-state index in [9.17, 15) is 14.4 Å². The summed E-state index contributed by atoms with van der Waals surface area (Å²) in [5.41, 5.74) is 0.512. The van der Waals surface area contributed by atoms with E-state index in [0.717, 1.165) is 7.14 Å². The first kappa shape index (κ1) is 21.3. The van der Waals surface area contributed by atoms with Crippen molar-refractivity contribution in [1.29, 1.82) is 0 Å². The van der Waals surface area contributed by atoms with E-state index in [1.165, 1.54) is 0 Å². The summed E-state index contributed by atoms with van der Waals surface area (Å²) >= 11 is 4.18. The van der Waals surface area contributed by atoms with Crippen LogP contribution >= 0.6 is 45.2 Å². The maximum atomic E-state index is 12.0. The third-order valence-corrected chi connectivity index (χ3v) is 4.67. The Hall–Kier alpha value is -2.02. The molecule has 0 saturated carbocycles. The van der Waals surface area contributed by atoms with Gasteiger partial charge in [-0.25, -0.2) is 9.59 Å². The lowest BCUT2D eigenvalue weighted by atomic mass is 10.2. The molecule has 27 heavy (non-hydrogen) atoms. The third kappa shape index (κ3) is 6.90. The Bertz CT molecular complexity index is 862. The Kier molecular flexibility index (Phi) is 8.16. The minimum Gasteiger partial charge on any atom is -0.408 e. The van der Waals surface area contributed by atoms with Crippen molar-refractivity contribution in [2.24, 2.45) is 5.16 Å². The molecule has 9 heteroatoms. The molecule has 0 spiro atoms. The summed E-state index contributed by atoms with van der Waals surface area (Å²) in [7, 11) is 0. The zero-order valence-corrected chi connectivity index (χ0v) is 18.0. The predicted octanol–water partition coefficient (Wildman–Crippen LogP) is 4.00. The molecule has 140 valence electrons. The van der Waals surface area contributed by atoms with Crippen LogP contribution in [0.25, 0.3) is 0 Å². The fraction of sp³-hybridized carbons (Fsp3) is 0.111. The molecule has 0 heterocycles. The molecule has 2 aromatic rings. The smallest absolute Gasteiger partial charge is 0.345 e. The number of carbonyl (C=O) groups excluding carboxylic acids is 3. The number of esters is 3. The van der Waals surface area contributed by atoms with E-state index in [1.807, 2.05) is 0 Å². The van der Waals surface area contributed by atoms with E-state index in [-0.39, 0.29) is 29.9 Å². The summed E-state index contributed by atoms with van der Waals surface area (Å²) in [5, 5.41) is 11.8. The largest absolute Gasteiger partial charge is 0.408 e. The number of halogens is 2. The molecular formula is C18H13I2NO6. The van der Waals surface area contributed by atoms with Crippen molar-refractivity contribution in [1.82, 2.24) is 0 Å². The number of ether oxygens (including phenoxy) is 2. The highest BCUT2D eigenvalue weighted by atomic mass is 127. The average Bonchev–Trinajstić information content (AvgIpc) is 2.65. The van der Waals surface area contributed by atoms with E-state index >= 15 is 0 Å². The molecule has 0 unspecified atom stereocenters. The van der Waals surface area contributed by atoms with Crippen LogP contribution in [0.5, 0.6) is 0 Å². The Morgan fingerprint density at radius 1 is 0.778 bits per heavy atom. The second kappa shape index (κ2) is 10.3. The first-order chi connectivity index (χ1) is 12.9. The molecule has 0 aliphatic heterocycles. The molecule has 0 aliphatic rings. The number of benzene rings is 2. The second-order valence-corrected chi connectivity index (χ2v) is 7.65. The van der Waals surface area contributed by atoms with E-state index in [1.54, 1.807) is 48.5 Å². The topological polar surface area (TPSA) is 102 Å². The molecule has 1 N–H and O–H groups in total. The van der Waals surface area contributed by atoms with E-state index < -0.39 is 17.9 Å². The van der Waals surface area contributed by atoms with Crippen LogP contribution in [0.1, 0.15) is 33.6 Å². The van der Waals surface area contributed by atoms with Gasteiger partial charge in [-0.1, -0.05) is 5.16 Å². The van der Waals surface area contributed by atoms with Crippen molar-refractivity contribution in [3.05, 3.63) is 66.8 Å². The predicted molar refractivity (Wildman–Crippen MR) is 113 cm³/mol. The van der Waals surface area contributed by atoms with Crippen LogP contribution in [0.15, 0.2) is 53.7 Å². The van der Waals surface area contributed by atoms with Gasteiger partial charge in [0, 0.05) is 13.6 Å². The minimum atomic E-state index is -0.829. The number of oxime groups is 1. The van der Waals surface area contributed by atoms with E-state index in [0.29, 0.717) is 0 Å². The molecule has 7 nitrogen and oxygen atoms in total. The van der Waals surface area contributed by atoms with E-state index in [2.05, 4.69) is 50.3 Å². The van der Waals surface area contributed by atoms with Crippen molar-refractivity contribution in [3.63, 3.8) is 0 Å². The summed E-state index contributed by atoms with van der Waals surface area (Å²) in [6.45, 7) is 0. The highest BCUT2D eigenvalue weighted by Crippen LogP contribution is 2.11. The van der Waals surface area contributed by atoms with Crippen LogP contribution in [-0.4, -0.2) is 29.0 Å². The van der Waals surface area contributed by atoms with Crippen molar-refractivity contribution < 1.29 is 29.1 Å². The molecule has 0 amide bonds. The zero-order valence-electron chi connectivity index (χ0n) is 13.7. The monoisotopic (exact) mass is 593 g/mol. The van der Waals surface area contributed by atoms with Gasteiger partial charge in [0.1, 0.15) is 0 Å². The molecule has 0 bridgehead atoms. The van der Waals surface area contributed by atoms with Crippen LogP contribution in [0.2, 0.25) is 0 Å². The van der Waals surface area contributed by atoms with E-state index in [4.69, 9.17) is 14.7 Å². The first-order valence-electron chi connectivity index (χ1n) is 7.58. The van der Waals surface area contributed by atoms with Crippen molar-refractivity contribution in [3.8, 4) is 0 Å². The van der Waals surface area contributed by atoms with Gasteiger partial charge in [-0.05, 0) is 93.7 Å². The molecule has 0 saturated heterocycles. The van der Waals surface area contributed by atoms with Gasteiger partial charge >= 0.3 is 17.9 Å². The Balaban J connectivity index is 1.85. The Labute approximate surface area is 182 Å². The zero-order chi connectivity index (χ0) is 19.8. The van der Waals surface area contributed by atoms with Crippen LogP contribution < -0.4 is 0 Å². The molecule has 0 aliphatic carbocycles. The molecule has 0 aromatic heterocycles. The van der Waals surface area contributed by atoms with Crippen molar-refractivity contribution >= 4 is 69.0 Å². The van der Waals surface area contributed by atoms with Gasteiger partial charge in [-0.3, -0.25) is 4.79 Å². The van der Waals surface area contributed by atoms with Crippen LogP contribution in [0.4, 0.5) is 0 Å². The summed E-state index contributed by atoms with van der Waals surface area (Å²) in [5.74, 6) is -2.68. The maximum absolute atomic E-state index is 12.0. The molecular weight excluding hydrogens is 580 g/mol. The number of carbonyl (C=O) groups is 3. The fourth-order valence-corrected chi connectivity index (χ4v) is 2.60. The highest BCUT2D eigenvalue weighted by Gasteiger charge is 2.17. The minimum absolute atomic E-state index is 0.203. The van der Waals surface area contributed by atoms with Crippen LogP contribution in [-0.2, 0) is 14.3 Å². The van der Waals surface area contributed by atoms with Gasteiger partial charge in [-0.2, -0.15) is 0 Å². The number of hydrogen-bond donors (Lipinski definition) is 1. The maximum Gasteiger partial charge on any atom is 0.345 e. The summed E-state index contributed by atoms with van der Waals surface area (Å²) in [6.07, 6.45) is -0.499. The number of nitrogens with zero attached hydrogens (tertiary/aromatic N) is 1. The average molecular weight is 593 g/mol. The van der Waals surface area contributed by atoms with Crippen molar-refractivity contribution in [2.45, 2.75) is 12.8 Å². The summed E-state index contributed by atoms with van der Waals surface area (Å²) in [6, 6.07) is 13.1. The molecule has 2 aromatic carbocycles. The molecule has 0 radical (unpaired) electrons. The highest BCUT2D eigenvalue weighted by molar-refractivity contribution is 14.1. The van der Waals surface area contributed by atoms with Gasteiger partial charge in [0.2, 0.25) is 5.90 Å². The van der Waals surface area contributed by atoms with Gasteiger partial charge in [0.15, 0.2) is 0 Å². The van der Waals surface area contributed by atoms with Gasteiger partial charge in [-0.15, -0.1) is 0 Å². The Morgan fingerprint density at radius 2 is 1.22 bits per heavy atom. The lowest BCUT2D eigenvalue weighted by Gasteiger charge is -2.06. The number of hydrogen-bond acceptors (Lipinski definition) is 7. The normalized spacial score (nSPS) is 11.0. The van der Waals surface area contributed by atoms with Gasteiger partial charge < -0.3 is 14.7 Å². The fourth-order valence-electron chi connectivity index (χ4n) is 1.88. The summed E-state index contributed by atoms with van der Waals surface area (Å²) in [4.78, 5) is 35.6. The molecule has 0 atom stereocenters. The SMILES string of the molecule is O=C(CC/C(=N/O)OC(=O)c1ccc(I)cc1)OC(=O)c1ccc(I)cc1. The first-order valence-corrected chi connectivity index (χ1v) is 9.74.